The third-order valence-corrected chi connectivity index (χ3v) is 5.49. The van der Waals surface area contributed by atoms with Gasteiger partial charge in [0.2, 0.25) is 5.95 Å². The molecular weight excluding hydrogens is 350 g/mol. The molecule has 1 aliphatic heterocycles. The van der Waals surface area contributed by atoms with E-state index in [2.05, 4.69) is 49.6 Å². The van der Waals surface area contributed by atoms with Crippen LogP contribution in [0.25, 0.3) is 5.95 Å². The monoisotopic (exact) mass is 379 g/mol. The van der Waals surface area contributed by atoms with Gasteiger partial charge >= 0.3 is 0 Å². The van der Waals surface area contributed by atoms with E-state index in [1.54, 1.807) is 12.4 Å². The van der Waals surface area contributed by atoms with Gasteiger partial charge in [-0.25, -0.2) is 9.97 Å². The SMILES string of the molecule is Cc1ccc(CN2CCC(CN(C)Cc3cccn3-c3ncccn3)CC2)o1. The zero-order valence-corrected chi connectivity index (χ0v) is 16.8. The molecule has 3 aromatic rings. The number of likely N-dealkylation sites (tertiary alicyclic amines) is 1. The van der Waals surface area contributed by atoms with Gasteiger partial charge < -0.3 is 9.32 Å². The Morgan fingerprint density at radius 3 is 2.61 bits per heavy atom. The van der Waals surface area contributed by atoms with E-state index in [9.17, 15) is 0 Å². The van der Waals surface area contributed by atoms with Gasteiger partial charge in [0, 0.05) is 37.4 Å². The second-order valence-electron chi connectivity index (χ2n) is 7.85. The lowest BCUT2D eigenvalue weighted by molar-refractivity contribution is 0.139. The summed E-state index contributed by atoms with van der Waals surface area (Å²) in [4.78, 5) is 13.7. The number of hydrogen-bond acceptors (Lipinski definition) is 5. The third-order valence-electron chi connectivity index (χ3n) is 5.49. The van der Waals surface area contributed by atoms with Crippen LogP contribution in [0.1, 0.15) is 30.1 Å². The third kappa shape index (κ3) is 4.69. The lowest BCUT2D eigenvalue weighted by atomic mass is 9.96. The molecule has 28 heavy (non-hydrogen) atoms. The van der Waals surface area contributed by atoms with Gasteiger partial charge in [0.25, 0.3) is 0 Å². The average molecular weight is 380 g/mol. The molecule has 4 heterocycles. The lowest BCUT2D eigenvalue weighted by Gasteiger charge is -2.33. The summed E-state index contributed by atoms with van der Waals surface area (Å²) in [5.74, 6) is 3.56. The van der Waals surface area contributed by atoms with Crippen LogP contribution >= 0.6 is 0 Å². The van der Waals surface area contributed by atoms with Crippen LogP contribution in [0.15, 0.2) is 53.3 Å². The van der Waals surface area contributed by atoms with Crippen molar-refractivity contribution in [2.75, 3.05) is 26.7 Å². The van der Waals surface area contributed by atoms with Gasteiger partial charge in [-0.05, 0) is 76.2 Å². The Bertz CT molecular complexity index is 864. The number of aromatic nitrogens is 3. The summed E-state index contributed by atoms with van der Waals surface area (Å²) >= 11 is 0. The fourth-order valence-corrected chi connectivity index (χ4v) is 4.06. The summed E-state index contributed by atoms with van der Waals surface area (Å²) in [5.41, 5.74) is 1.22. The maximum Gasteiger partial charge on any atom is 0.233 e. The van der Waals surface area contributed by atoms with Gasteiger partial charge in [0.1, 0.15) is 11.5 Å². The Labute approximate surface area is 166 Å². The highest BCUT2D eigenvalue weighted by Gasteiger charge is 2.21. The van der Waals surface area contributed by atoms with E-state index in [0.717, 1.165) is 56.1 Å². The molecule has 4 rings (SSSR count). The zero-order valence-electron chi connectivity index (χ0n) is 16.8. The molecule has 1 saturated heterocycles. The number of furan rings is 1. The maximum absolute atomic E-state index is 5.72. The largest absolute Gasteiger partial charge is 0.465 e. The van der Waals surface area contributed by atoms with Crippen molar-refractivity contribution in [3.63, 3.8) is 0 Å². The Kier molecular flexibility index (Phi) is 5.88. The number of piperidine rings is 1. The standard InChI is InChI=1S/C22H29N5O/c1-18-6-7-21(28-18)17-26-13-8-19(9-14-26)15-25(2)16-20-5-3-12-27(20)22-23-10-4-11-24-22/h3-7,10-12,19H,8-9,13-17H2,1-2H3. The number of nitrogens with zero attached hydrogens (tertiary/aromatic N) is 5. The van der Waals surface area contributed by atoms with Gasteiger partial charge in [-0.2, -0.15) is 0 Å². The second kappa shape index (κ2) is 8.71. The van der Waals surface area contributed by atoms with E-state index >= 15 is 0 Å². The molecule has 0 aromatic carbocycles. The van der Waals surface area contributed by atoms with Gasteiger partial charge in [0.15, 0.2) is 0 Å². The van der Waals surface area contributed by atoms with Crippen molar-refractivity contribution in [2.45, 2.75) is 32.9 Å². The van der Waals surface area contributed by atoms with Crippen molar-refractivity contribution in [2.24, 2.45) is 5.92 Å². The summed E-state index contributed by atoms with van der Waals surface area (Å²) in [6.45, 7) is 7.25. The molecule has 1 aliphatic rings. The van der Waals surface area contributed by atoms with Crippen LogP contribution in [0.2, 0.25) is 0 Å². The summed E-state index contributed by atoms with van der Waals surface area (Å²) < 4.78 is 7.80. The first-order chi connectivity index (χ1) is 13.7. The van der Waals surface area contributed by atoms with Crippen molar-refractivity contribution in [3.05, 3.63) is 66.1 Å². The van der Waals surface area contributed by atoms with Crippen molar-refractivity contribution < 1.29 is 4.42 Å². The molecule has 0 amide bonds. The highest BCUT2D eigenvalue weighted by Crippen LogP contribution is 2.21. The fourth-order valence-electron chi connectivity index (χ4n) is 4.06. The highest BCUT2D eigenvalue weighted by molar-refractivity contribution is 5.20. The molecule has 0 atom stereocenters. The number of hydrogen-bond donors (Lipinski definition) is 0. The zero-order chi connectivity index (χ0) is 19.3. The van der Waals surface area contributed by atoms with E-state index in [1.807, 2.05) is 25.3 Å². The molecule has 0 unspecified atom stereocenters. The van der Waals surface area contributed by atoms with Gasteiger partial charge in [-0.3, -0.25) is 9.47 Å². The molecule has 0 aliphatic carbocycles. The molecule has 6 nitrogen and oxygen atoms in total. The van der Waals surface area contributed by atoms with Crippen LogP contribution in [0, 0.1) is 12.8 Å². The lowest BCUT2D eigenvalue weighted by Crippen LogP contribution is -2.37. The molecule has 0 saturated carbocycles. The predicted octanol–water partition coefficient (Wildman–Crippen LogP) is 3.51. The highest BCUT2D eigenvalue weighted by atomic mass is 16.3. The molecule has 3 aromatic heterocycles. The van der Waals surface area contributed by atoms with E-state index in [-0.39, 0.29) is 0 Å². The van der Waals surface area contributed by atoms with E-state index < -0.39 is 0 Å². The first kappa shape index (κ1) is 18.9. The molecule has 1 fully saturated rings. The number of aryl methyl sites for hydroxylation is 1. The maximum atomic E-state index is 5.72. The van der Waals surface area contributed by atoms with Crippen LogP contribution in [0.4, 0.5) is 0 Å². The van der Waals surface area contributed by atoms with Gasteiger partial charge in [0.05, 0.1) is 6.54 Å². The van der Waals surface area contributed by atoms with E-state index in [4.69, 9.17) is 4.42 Å². The summed E-state index contributed by atoms with van der Waals surface area (Å²) in [5, 5.41) is 0. The van der Waals surface area contributed by atoms with Crippen molar-refractivity contribution in [1.82, 2.24) is 24.3 Å². The van der Waals surface area contributed by atoms with E-state index in [0.29, 0.717) is 0 Å². The summed E-state index contributed by atoms with van der Waals surface area (Å²) in [6, 6.07) is 10.2. The number of rotatable bonds is 7. The molecule has 0 radical (unpaired) electrons. The van der Waals surface area contributed by atoms with Crippen LogP contribution < -0.4 is 0 Å². The van der Waals surface area contributed by atoms with Gasteiger partial charge in [-0.1, -0.05) is 0 Å². The minimum absolute atomic E-state index is 0.734. The fraction of sp³-hybridized carbons (Fsp3) is 0.455. The first-order valence-electron chi connectivity index (χ1n) is 10.1. The smallest absolute Gasteiger partial charge is 0.233 e. The molecule has 6 heteroatoms. The Balaban J connectivity index is 1.26. The first-order valence-corrected chi connectivity index (χ1v) is 10.1. The Morgan fingerprint density at radius 1 is 1.11 bits per heavy atom. The van der Waals surface area contributed by atoms with Crippen LogP contribution in [0.3, 0.4) is 0 Å². The van der Waals surface area contributed by atoms with Gasteiger partial charge in [-0.15, -0.1) is 0 Å². The minimum atomic E-state index is 0.734. The normalized spacial score (nSPS) is 16.1. The van der Waals surface area contributed by atoms with Crippen LogP contribution in [0.5, 0.6) is 0 Å². The second-order valence-corrected chi connectivity index (χ2v) is 7.85. The molecule has 0 bridgehead atoms. The summed E-state index contributed by atoms with van der Waals surface area (Å²) in [6.07, 6.45) is 8.09. The topological polar surface area (TPSA) is 50.3 Å². The van der Waals surface area contributed by atoms with E-state index in [1.165, 1.54) is 18.5 Å². The Morgan fingerprint density at radius 2 is 1.89 bits per heavy atom. The van der Waals surface area contributed by atoms with Crippen molar-refractivity contribution >= 4 is 0 Å². The quantitative estimate of drug-likeness (QED) is 0.629. The predicted molar refractivity (Wildman–Crippen MR) is 109 cm³/mol. The molecule has 148 valence electrons. The summed E-state index contributed by atoms with van der Waals surface area (Å²) in [7, 11) is 2.21. The average Bonchev–Trinajstić information content (AvgIpc) is 3.33. The Hall–Kier alpha value is -2.44. The van der Waals surface area contributed by atoms with Crippen molar-refractivity contribution in [1.29, 1.82) is 0 Å². The van der Waals surface area contributed by atoms with Crippen molar-refractivity contribution in [3.8, 4) is 5.95 Å². The van der Waals surface area contributed by atoms with Crippen LogP contribution in [-0.4, -0.2) is 51.0 Å². The minimum Gasteiger partial charge on any atom is -0.465 e. The van der Waals surface area contributed by atoms with Crippen LogP contribution in [-0.2, 0) is 13.1 Å². The molecular formula is C22H29N5O. The molecule has 0 spiro atoms. The molecule has 0 N–H and O–H groups in total.